The Balaban J connectivity index is 1.72. The second kappa shape index (κ2) is 5.82. The molecule has 2 aliphatic rings. The molecule has 3 rings (SSSR count). The van der Waals surface area contributed by atoms with E-state index in [4.69, 9.17) is 9.26 Å². The third kappa shape index (κ3) is 2.49. The molecule has 1 N–H and O–H groups in total. The fourth-order valence-corrected chi connectivity index (χ4v) is 3.66. The van der Waals surface area contributed by atoms with Gasteiger partial charge in [-0.2, -0.15) is 4.98 Å². The fourth-order valence-electron chi connectivity index (χ4n) is 3.66. The monoisotopic (exact) mass is 279 g/mol. The highest BCUT2D eigenvalue weighted by molar-refractivity contribution is 5.08. The summed E-state index contributed by atoms with van der Waals surface area (Å²) >= 11 is 0. The van der Waals surface area contributed by atoms with E-state index in [1.54, 1.807) is 0 Å². The third-order valence-electron chi connectivity index (χ3n) is 4.78. The zero-order chi connectivity index (χ0) is 14.1. The quantitative estimate of drug-likeness (QED) is 0.867. The lowest BCUT2D eigenvalue weighted by Crippen LogP contribution is -2.32. The molecule has 2 aliphatic heterocycles. The lowest BCUT2D eigenvalue weighted by atomic mass is 9.89. The fraction of sp³-hybridized carbons (Fsp3) is 0.867. The predicted octanol–water partition coefficient (Wildman–Crippen LogP) is 2.60. The van der Waals surface area contributed by atoms with Crippen molar-refractivity contribution in [2.24, 2.45) is 0 Å². The minimum atomic E-state index is 0.288. The normalized spacial score (nSPS) is 31.6. The molecule has 5 atom stereocenters. The number of rotatable bonds is 6. The van der Waals surface area contributed by atoms with Gasteiger partial charge in [0.25, 0.3) is 0 Å². The molecule has 0 radical (unpaired) electrons. The highest BCUT2D eigenvalue weighted by Gasteiger charge is 2.44. The molecule has 5 heteroatoms. The highest BCUT2D eigenvalue weighted by atomic mass is 16.5. The standard InChI is InChI=1S/C15H25N3O2/c1-4-11(9(3)16-5-2)15-17-14(18-20-15)12-8-10-6-7-13(12)19-10/h9-13,16H,4-8H2,1-3H3. The van der Waals surface area contributed by atoms with Crippen LogP contribution in [-0.2, 0) is 4.74 Å². The van der Waals surface area contributed by atoms with Crippen molar-refractivity contribution in [1.82, 2.24) is 15.5 Å². The van der Waals surface area contributed by atoms with E-state index in [9.17, 15) is 0 Å². The summed E-state index contributed by atoms with van der Waals surface area (Å²) in [6.07, 6.45) is 5.14. The van der Waals surface area contributed by atoms with E-state index in [-0.39, 0.29) is 5.92 Å². The van der Waals surface area contributed by atoms with Gasteiger partial charge in [0.05, 0.1) is 24.0 Å². The van der Waals surface area contributed by atoms with Crippen LogP contribution in [-0.4, -0.2) is 34.9 Å². The van der Waals surface area contributed by atoms with Gasteiger partial charge in [0.1, 0.15) is 0 Å². The number of aromatic nitrogens is 2. The first-order valence-electron chi connectivity index (χ1n) is 7.95. The molecule has 0 saturated carbocycles. The van der Waals surface area contributed by atoms with E-state index in [2.05, 4.69) is 36.2 Å². The molecule has 112 valence electrons. The third-order valence-corrected chi connectivity index (χ3v) is 4.78. The van der Waals surface area contributed by atoms with Gasteiger partial charge in [0, 0.05) is 6.04 Å². The summed E-state index contributed by atoms with van der Waals surface area (Å²) in [5.74, 6) is 2.27. The van der Waals surface area contributed by atoms with Gasteiger partial charge in [-0.25, -0.2) is 0 Å². The lowest BCUT2D eigenvalue weighted by molar-refractivity contribution is 0.0996. The van der Waals surface area contributed by atoms with Crippen LogP contribution in [0.4, 0.5) is 0 Å². The summed E-state index contributed by atoms with van der Waals surface area (Å²) in [6, 6.07) is 0.356. The Morgan fingerprint density at radius 2 is 2.20 bits per heavy atom. The first kappa shape index (κ1) is 14.0. The van der Waals surface area contributed by atoms with Gasteiger partial charge < -0.3 is 14.6 Å². The smallest absolute Gasteiger partial charge is 0.231 e. The molecule has 0 aromatic carbocycles. The Kier molecular flexibility index (Phi) is 4.08. The number of nitrogens with one attached hydrogen (secondary N) is 1. The van der Waals surface area contributed by atoms with Crippen LogP contribution in [0.2, 0.25) is 0 Å². The summed E-state index contributed by atoms with van der Waals surface area (Å²) in [5.41, 5.74) is 0. The Bertz CT molecular complexity index is 448. The van der Waals surface area contributed by atoms with E-state index in [0.717, 1.165) is 37.5 Å². The lowest BCUT2D eigenvalue weighted by Gasteiger charge is -2.19. The van der Waals surface area contributed by atoms with Crippen molar-refractivity contribution < 1.29 is 9.26 Å². The Morgan fingerprint density at radius 1 is 1.35 bits per heavy atom. The van der Waals surface area contributed by atoms with E-state index in [1.165, 1.54) is 6.42 Å². The maximum Gasteiger partial charge on any atom is 0.231 e. The van der Waals surface area contributed by atoms with Gasteiger partial charge >= 0.3 is 0 Å². The van der Waals surface area contributed by atoms with E-state index < -0.39 is 0 Å². The number of nitrogens with zero attached hydrogens (tertiary/aromatic N) is 2. The maximum absolute atomic E-state index is 5.89. The molecule has 2 bridgehead atoms. The van der Waals surface area contributed by atoms with Crippen LogP contribution < -0.4 is 5.32 Å². The van der Waals surface area contributed by atoms with Crippen LogP contribution >= 0.6 is 0 Å². The number of hydrogen-bond donors (Lipinski definition) is 1. The highest BCUT2D eigenvalue weighted by Crippen LogP contribution is 2.43. The average Bonchev–Trinajstić information content (AvgIpc) is 3.15. The molecule has 1 aromatic rings. The summed E-state index contributed by atoms with van der Waals surface area (Å²) in [4.78, 5) is 4.69. The molecular weight excluding hydrogens is 254 g/mol. The van der Waals surface area contributed by atoms with E-state index in [1.807, 2.05) is 0 Å². The molecule has 3 heterocycles. The number of likely N-dealkylation sites (N-methyl/N-ethyl adjacent to an activating group) is 1. The van der Waals surface area contributed by atoms with Crippen LogP contribution in [0, 0.1) is 0 Å². The molecule has 5 unspecified atom stereocenters. The number of fused-ring (bicyclic) bond motifs is 2. The summed E-state index contributed by atoms with van der Waals surface area (Å²) in [5, 5.41) is 7.68. The Labute approximate surface area is 120 Å². The first-order chi connectivity index (χ1) is 9.72. The number of ether oxygens (including phenoxy) is 1. The summed E-state index contributed by atoms with van der Waals surface area (Å²) in [6.45, 7) is 7.43. The molecule has 1 aromatic heterocycles. The molecule has 2 saturated heterocycles. The van der Waals surface area contributed by atoms with E-state index >= 15 is 0 Å². The molecule has 0 amide bonds. The summed E-state index contributed by atoms with van der Waals surface area (Å²) in [7, 11) is 0. The predicted molar refractivity (Wildman–Crippen MR) is 75.7 cm³/mol. The van der Waals surface area contributed by atoms with Crippen molar-refractivity contribution in [3.63, 3.8) is 0 Å². The molecule has 20 heavy (non-hydrogen) atoms. The van der Waals surface area contributed by atoms with Crippen LogP contribution in [0.3, 0.4) is 0 Å². The van der Waals surface area contributed by atoms with Gasteiger partial charge in [-0.1, -0.05) is 19.0 Å². The van der Waals surface area contributed by atoms with Crippen LogP contribution in [0.15, 0.2) is 4.52 Å². The van der Waals surface area contributed by atoms with Gasteiger partial charge in [0.2, 0.25) is 5.89 Å². The Morgan fingerprint density at radius 3 is 2.80 bits per heavy atom. The zero-order valence-electron chi connectivity index (χ0n) is 12.6. The zero-order valence-corrected chi connectivity index (χ0v) is 12.6. The van der Waals surface area contributed by atoms with Crippen molar-refractivity contribution in [3.05, 3.63) is 11.7 Å². The molecule has 5 nitrogen and oxygen atoms in total. The van der Waals surface area contributed by atoms with Crippen LogP contribution in [0.25, 0.3) is 0 Å². The maximum atomic E-state index is 5.89. The first-order valence-corrected chi connectivity index (χ1v) is 7.95. The van der Waals surface area contributed by atoms with Crippen molar-refractivity contribution in [3.8, 4) is 0 Å². The number of hydrogen-bond acceptors (Lipinski definition) is 5. The van der Waals surface area contributed by atoms with Gasteiger partial charge in [-0.15, -0.1) is 0 Å². The SMILES string of the molecule is CCNC(C)C(CC)c1nc(C2CC3CCC2O3)no1. The second-order valence-corrected chi connectivity index (χ2v) is 6.07. The van der Waals surface area contributed by atoms with Crippen LogP contribution in [0.5, 0.6) is 0 Å². The van der Waals surface area contributed by atoms with Crippen molar-refractivity contribution in [2.75, 3.05) is 6.54 Å². The van der Waals surface area contributed by atoms with Gasteiger partial charge in [-0.3, -0.25) is 0 Å². The second-order valence-electron chi connectivity index (χ2n) is 6.07. The molecular formula is C15H25N3O2. The van der Waals surface area contributed by atoms with Gasteiger partial charge in [0.15, 0.2) is 5.82 Å². The minimum Gasteiger partial charge on any atom is -0.374 e. The average molecular weight is 279 g/mol. The Hall–Kier alpha value is -0.940. The molecule has 0 aliphatic carbocycles. The summed E-state index contributed by atoms with van der Waals surface area (Å²) < 4.78 is 11.4. The largest absolute Gasteiger partial charge is 0.374 e. The molecule has 0 spiro atoms. The molecule has 2 fully saturated rings. The van der Waals surface area contributed by atoms with Crippen molar-refractivity contribution >= 4 is 0 Å². The minimum absolute atomic E-state index is 0.288. The van der Waals surface area contributed by atoms with E-state index in [0.29, 0.717) is 24.2 Å². The topological polar surface area (TPSA) is 60.2 Å². The van der Waals surface area contributed by atoms with Crippen molar-refractivity contribution in [2.45, 2.75) is 76.5 Å². The van der Waals surface area contributed by atoms with Crippen molar-refractivity contribution in [1.29, 1.82) is 0 Å². The van der Waals surface area contributed by atoms with Gasteiger partial charge in [-0.05, 0) is 39.2 Å². The van der Waals surface area contributed by atoms with Crippen LogP contribution in [0.1, 0.15) is 70.0 Å².